The van der Waals surface area contributed by atoms with Gasteiger partial charge < -0.3 is 11.1 Å². The van der Waals surface area contributed by atoms with Crippen LogP contribution >= 0.6 is 12.2 Å². The van der Waals surface area contributed by atoms with Crippen LogP contribution in [0.5, 0.6) is 0 Å². The molecule has 5 nitrogen and oxygen atoms in total. The predicted molar refractivity (Wildman–Crippen MR) is 70.1 cm³/mol. The van der Waals surface area contributed by atoms with Crippen molar-refractivity contribution in [2.75, 3.05) is 16.3 Å². The highest BCUT2D eigenvalue weighted by atomic mass is 32.2. The molecule has 4 N–H and O–H groups in total. The number of hydrogen-bond donors (Lipinski definition) is 3. The van der Waals surface area contributed by atoms with Gasteiger partial charge in [-0.3, -0.25) is 4.72 Å². The van der Waals surface area contributed by atoms with Crippen molar-refractivity contribution >= 4 is 38.7 Å². The molecule has 1 rings (SSSR count). The fourth-order valence-corrected chi connectivity index (χ4v) is 1.89. The smallest absolute Gasteiger partial charge is 0.229 e. The van der Waals surface area contributed by atoms with Crippen LogP contribution in [0, 0.1) is 6.92 Å². The Labute approximate surface area is 100 Å². The van der Waals surface area contributed by atoms with Crippen LogP contribution in [-0.4, -0.2) is 19.8 Å². The number of nitrogens with two attached hydrogens (primary N) is 1. The molecule has 0 aliphatic rings. The Balaban J connectivity index is 3.04. The molecule has 0 radical (unpaired) electrons. The van der Waals surface area contributed by atoms with Gasteiger partial charge in [-0.2, -0.15) is 0 Å². The van der Waals surface area contributed by atoms with E-state index in [0.29, 0.717) is 11.4 Å². The van der Waals surface area contributed by atoms with Crippen LogP contribution in [0.2, 0.25) is 0 Å². The second kappa shape index (κ2) is 4.67. The molecule has 88 valence electrons. The molecule has 0 bridgehead atoms. The van der Waals surface area contributed by atoms with Gasteiger partial charge in [0, 0.05) is 5.69 Å². The molecule has 0 aliphatic carbocycles. The summed E-state index contributed by atoms with van der Waals surface area (Å²) in [5.41, 5.74) is 7.29. The van der Waals surface area contributed by atoms with E-state index in [1.54, 1.807) is 25.1 Å². The Morgan fingerprint density at radius 2 is 2.06 bits per heavy atom. The van der Waals surface area contributed by atoms with Gasteiger partial charge in [-0.1, -0.05) is 6.07 Å². The van der Waals surface area contributed by atoms with Gasteiger partial charge in [0.15, 0.2) is 5.11 Å². The normalized spacial score (nSPS) is 10.9. The van der Waals surface area contributed by atoms with Crippen LogP contribution in [0.3, 0.4) is 0 Å². The topological polar surface area (TPSA) is 84.2 Å². The zero-order valence-electron chi connectivity index (χ0n) is 8.94. The lowest BCUT2D eigenvalue weighted by atomic mass is 10.2. The molecule has 7 heteroatoms. The Morgan fingerprint density at radius 3 is 2.56 bits per heavy atom. The van der Waals surface area contributed by atoms with Crippen molar-refractivity contribution in [1.82, 2.24) is 0 Å². The van der Waals surface area contributed by atoms with Crippen molar-refractivity contribution in [2.24, 2.45) is 5.73 Å². The molecule has 0 saturated heterocycles. The summed E-state index contributed by atoms with van der Waals surface area (Å²) in [7, 11) is -3.29. The van der Waals surface area contributed by atoms with Crippen LogP contribution in [0.1, 0.15) is 5.56 Å². The summed E-state index contributed by atoms with van der Waals surface area (Å²) in [6.45, 7) is 1.80. The number of nitrogens with one attached hydrogen (secondary N) is 2. The maximum atomic E-state index is 11.1. The van der Waals surface area contributed by atoms with E-state index in [-0.39, 0.29) is 5.11 Å². The van der Waals surface area contributed by atoms with E-state index in [4.69, 9.17) is 18.0 Å². The Kier molecular flexibility index (Phi) is 3.71. The zero-order chi connectivity index (χ0) is 12.3. The van der Waals surface area contributed by atoms with Crippen LogP contribution in [0.4, 0.5) is 11.4 Å². The molecule has 1 aromatic carbocycles. The molecule has 0 aliphatic heterocycles. The van der Waals surface area contributed by atoms with E-state index < -0.39 is 10.0 Å². The van der Waals surface area contributed by atoms with Gasteiger partial charge in [-0.25, -0.2) is 8.42 Å². The van der Waals surface area contributed by atoms with E-state index in [9.17, 15) is 8.42 Å². The first kappa shape index (κ1) is 12.7. The van der Waals surface area contributed by atoms with Crippen molar-refractivity contribution in [3.63, 3.8) is 0 Å². The first-order valence-electron chi connectivity index (χ1n) is 4.43. The number of anilines is 2. The summed E-state index contributed by atoms with van der Waals surface area (Å²) >= 11 is 4.69. The molecule has 0 unspecified atom stereocenters. The summed E-state index contributed by atoms with van der Waals surface area (Å²) in [5, 5.41) is 2.87. The monoisotopic (exact) mass is 259 g/mol. The van der Waals surface area contributed by atoms with E-state index in [1.807, 2.05) is 0 Å². The third kappa shape index (κ3) is 4.03. The highest BCUT2D eigenvalue weighted by molar-refractivity contribution is 7.92. The standard InChI is InChI=1S/C9H13N3O2S2/c1-6-3-4-7(11-9(10)15)5-8(6)12-16(2,13)14/h3-5,12H,1-2H3,(H3,10,11,15). The summed E-state index contributed by atoms with van der Waals surface area (Å²) in [4.78, 5) is 0. The maximum Gasteiger partial charge on any atom is 0.229 e. The second-order valence-corrected chi connectivity index (χ2v) is 5.58. The molecule has 0 spiro atoms. The largest absolute Gasteiger partial charge is 0.376 e. The van der Waals surface area contributed by atoms with Gasteiger partial charge in [-0.05, 0) is 36.8 Å². The first-order chi connectivity index (χ1) is 7.28. The molecule has 1 aromatic rings. The van der Waals surface area contributed by atoms with Crippen LogP contribution in [-0.2, 0) is 10.0 Å². The van der Waals surface area contributed by atoms with Crippen molar-refractivity contribution in [2.45, 2.75) is 6.92 Å². The van der Waals surface area contributed by atoms with Gasteiger partial charge in [0.05, 0.1) is 11.9 Å². The number of sulfonamides is 1. The molecule has 0 amide bonds. The number of aryl methyl sites for hydroxylation is 1. The molecule has 0 aromatic heterocycles. The molecular weight excluding hydrogens is 246 g/mol. The molecule has 0 fully saturated rings. The lowest BCUT2D eigenvalue weighted by Crippen LogP contribution is -2.19. The Hall–Kier alpha value is -1.34. The van der Waals surface area contributed by atoms with Crippen LogP contribution in [0.25, 0.3) is 0 Å². The van der Waals surface area contributed by atoms with Crippen LogP contribution in [0.15, 0.2) is 18.2 Å². The van der Waals surface area contributed by atoms with E-state index >= 15 is 0 Å². The highest BCUT2D eigenvalue weighted by Gasteiger charge is 2.06. The van der Waals surface area contributed by atoms with Gasteiger partial charge in [0.1, 0.15) is 0 Å². The van der Waals surface area contributed by atoms with E-state index in [0.717, 1.165) is 11.8 Å². The second-order valence-electron chi connectivity index (χ2n) is 3.39. The Morgan fingerprint density at radius 1 is 1.44 bits per heavy atom. The average Bonchev–Trinajstić information content (AvgIpc) is 2.07. The quantitative estimate of drug-likeness (QED) is 0.706. The molecule has 0 heterocycles. The molecule has 0 saturated carbocycles. The number of hydrogen-bond acceptors (Lipinski definition) is 3. The van der Waals surface area contributed by atoms with E-state index in [2.05, 4.69) is 10.0 Å². The van der Waals surface area contributed by atoms with E-state index in [1.165, 1.54) is 0 Å². The summed E-state index contributed by atoms with van der Waals surface area (Å²) in [6.07, 6.45) is 1.10. The van der Waals surface area contributed by atoms with Crippen molar-refractivity contribution < 1.29 is 8.42 Å². The predicted octanol–water partition coefficient (Wildman–Crippen LogP) is 1.02. The minimum absolute atomic E-state index is 0.133. The summed E-state index contributed by atoms with van der Waals surface area (Å²) in [5.74, 6) is 0. The van der Waals surface area contributed by atoms with Gasteiger partial charge in [0.25, 0.3) is 0 Å². The zero-order valence-corrected chi connectivity index (χ0v) is 10.6. The average molecular weight is 259 g/mol. The minimum atomic E-state index is -3.29. The minimum Gasteiger partial charge on any atom is -0.376 e. The van der Waals surface area contributed by atoms with Crippen molar-refractivity contribution in [3.8, 4) is 0 Å². The highest BCUT2D eigenvalue weighted by Crippen LogP contribution is 2.20. The van der Waals surface area contributed by atoms with Gasteiger partial charge >= 0.3 is 0 Å². The summed E-state index contributed by atoms with van der Waals surface area (Å²) in [6, 6.07) is 5.17. The van der Waals surface area contributed by atoms with Crippen molar-refractivity contribution in [3.05, 3.63) is 23.8 Å². The Bertz CT molecular complexity index is 511. The third-order valence-corrected chi connectivity index (χ3v) is 2.49. The van der Waals surface area contributed by atoms with Crippen LogP contribution < -0.4 is 15.8 Å². The van der Waals surface area contributed by atoms with Gasteiger partial charge in [0.2, 0.25) is 10.0 Å². The van der Waals surface area contributed by atoms with Crippen molar-refractivity contribution in [1.29, 1.82) is 0 Å². The number of thiocarbonyl (C=S) groups is 1. The number of benzene rings is 1. The molecule has 0 atom stereocenters. The lowest BCUT2D eigenvalue weighted by molar-refractivity contribution is 0.607. The fourth-order valence-electron chi connectivity index (χ4n) is 1.15. The lowest BCUT2D eigenvalue weighted by Gasteiger charge is -2.10. The van der Waals surface area contributed by atoms with Gasteiger partial charge in [-0.15, -0.1) is 0 Å². The third-order valence-electron chi connectivity index (χ3n) is 1.80. The maximum absolute atomic E-state index is 11.1. The summed E-state index contributed by atoms with van der Waals surface area (Å²) < 4.78 is 24.6. The SMILES string of the molecule is Cc1ccc(NC(N)=S)cc1NS(C)(=O)=O. The molecule has 16 heavy (non-hydrogen) atoms. The number of rotatable bonds is 3. The molecular formula is C9H13N3O2S2. The fraction of sp³-hybridized carbons (Fsp3) is 0.222. The first-order valence-corrected chi connectivity index (χ1v) is 6.73.